The maximum Gasteiger partial charge on any atom is 0.192 e. The van der Waals surface area contributed by atoms with Crippen LogP contribution in [-0.2, 0) is 16.3 Å². The SMILES string of the molecule is CC1(C)Cc2nc(C3CCCC3)c(C(O)c3cccc(C(C)(C)C)c3)c(C3=CCCC3)c2C(O[Si](C)(C)C(C)(C)C)C1. The molecular weight excluding hydrogens is 531 g/mol. The number of benzene rings is 1. The molecule has 1 heterocycles. The summed E-state index contributed by atoms with van der Waals surface area (Å²) in [5, 5.41) is 12.6. The van der Waals surface area contributed by atoms with Crippen LogP contribution in [0.4, 0.5) is 0 Å². The number of hydrogen-bond acceptors (Lipinski definition) is 3. The van der Waals surface area contributed by atoms with Gasteiger partial charge in [-0.25, -0.2) is 0 Å². The van der Waals surface area contributed by atoms with Crippen LogP contribution >= 0.6 is 0 Å². The van der Waals surface area contributed by atoms with Gasteiger partial charge >= 0.3 is 0 Å². The quantitative estimate of drug-likeness (QED) is 0.342. The molecule has 1 fully saturated rings. The van der Waals surface area contributed by atoms with E-state index in [-0.39, 0.29) is 22.0 Å². The van der Waals surface area contributed by atoms with E-state index in [1.807, 2.05) is 0 Å². The first kappa shape index (κ1) is 31.7. The summed E-state index contributed by atoms with van der Waals surface area (Å²) in [5.41, 5.74) is 9.88. The van der Waals surface area contributed by atoms with Gasteiger partial charge in [0.2, 0.25) is 0 Å². The van der Waals surface area contributed by atoms with Gasteiger partial charge in [-0.15, -0.1) is 0 Å². The van der Waals surface area contributed by atoms with Crippen LogP contribution in [-0.4, -0.2) is 18.4 Å². The molecule has 5 rings (SSSR count). The van der Waals surface area contributed by atoms with E-state index in [1.165, 1.54) is 65.8 Å². The number of allylic oxidation sites excluding steroid dienone is 2. The Morgan fingerprint density at radius 2 is 1.71 bits per heavy atom. The minimum absolute atomic E-state index is 0.00173. The van der Waals surface area contributed by atoms with Crippen molar-refractivity contribution in [2.75, 3.05) is 0 Å². The van der Waals surface area contributed by atoms with Crippen LogP contribution < -0.4 is 0 Å². The summed E-state index contributed by atoms with van der Waals surface area (Å²) in [6.07, 6.45) is 11.9. The molecule has 42 heavy (non-hydrogen) atoms. The van der Waals surface area contributed by atoms with Crippen LogP contribution in [0.2, 0.25) is 18.1 Å². The van der Waals surface area contributed by atoms with E-state index in [1.54, 1.807) is 0 Å². The third kappa shape index (κ3) is 6.24. The highest BCUT2D eigenvalue weighted by atomic mass is 28.4. The van der Waals surface area contributed by atoms with Crippen LogP contribution in [0.3, 0.4) is 0 Å². The van der Waals surface area contributed by atoms with Crippen LogP contribution in [0.25, 0.3) is 5.57 Å². The molecule has 2 atom stereocenters. The molecule has 4 heteroatoms. The molecule has 2 aromatic rings. The number of pyridine rings is 1. The summed E-state index contributed by atoms with van der Waals surface area (Å²) >= 11 is 0. The molecule has 230 valence electrons. The third-order valence-electron chi connectivity index (χ3n) is 10.8. The summed E-state index contributed by atoms with van der Waals surface area (Å²) in [5.74, 6) is 0.413. The lowest BCUT2D eigenvalue weighted by Crippen LogP contribution is -2.44. The highest BCUT2D eigenvalue weighted by molar-refractivity contribution is 6.74. The Kier molecular flexibility index (Phi) is 8.53. The van der Waals surface area contributed by atoms with Crippen molar-refractivity contribution in [3.05, 3.63) is 69.5 Å². The monoisotopic (exact) mass is 587 g/mol. The van der Waals surface area contributed by atoms with Gasteiger partial charge in [0, 0.05) is 22.7 Å². The van der Waals surface area contributed by atoms with Gasteiger partial charge < -0.3 is 9.53 Å². The minimum atomic E-state index is -2.07. The molecule has 0 radical (unpaired) electrons. The zero-order valence-electron chi connectivity index (χ0n) is 28.3. The van der Waals surface area contributed by atoms with Gasteiger partial charge in [0.25, 0.3) is 0 Å². The predicted molar refractivity (Wildman–Crippen MR) is 180 cm³/mol. The molecule has 2 unspecified atom stereocenters. The summed E-state index contributed by atoms with van der Waals surface area (Å²) in [6, 6.07) is 8.69. The summed E-state index contributed by atoms with van der Waals surface area (Å²) < 4.78 is 7.37. The normalized spacial score (nSPS) is 22.3. The molecule has 1 saturated carbocycles. The van der Waals surface area contributed by atoms with E-state index in [0.29, 0.717) is 5.92 Å². The second kappa shape index (κ2) is 11.3. The number of aromatic nitrogens is 1. The van der Waals surface area contributed by atoms with Crippen molar-refractivity contribution in [1.82, 2.24) is 4.98 Å². The second-order valence-electron chi connectivity index (χ2n) is 16.9. The van der Waals surface area contributed by atoms with E-state index < -0.39 is 14.4 Å². The summed E-state index contributed by atoms with van der Waals surface area (Å²) in [4.78, 5) is 5.63. The van der Waals surface area contributed by atoms with Gasteiger partial charge in [0.1, 0.15) is 6.10 Å². The molecule has 0 amide bonds. The van der Waals surface area contributed by atoms with E-state index in [9.17, 15) is 5.11 Å². The highest BCUT2D eigenvalue weighted by Crippen LogP contribution is 2.53. The van der Waals surface area contributed by atoms with Crippen molar-refractivity contribution in [2.45, 2.75) is 155 Å². The molecule has 3 aliphatic carbocycles. The Hall–Kier alpha value is -1.75. The van der Waals surface area contributed by atoms with E-state index in [0.717, 1.165) is 36.8 Å². The van der Waals surface area contributed by atoms with E-state index in [4.69, 9.17) is 9.41 Å². The van der Waals surface area contributed by atoms with Gasteiger partial charge in [-0.05, 0) is 96.2 Å². The summed E-state index contributed by atoms with van der Waals surface area (Å²) in [6.45, 7) is 23.3. The van der Waals surface area contributed by atoms with Gasteiger partial charge in [-0.1, -0.05) is 98.6 Å². The van der Waals surface area contributed by atoms with Crippen LogP contribution in [0, 0.1) is 5.41 Å². The van der Waals surface area contributed by atoms with Crippen molar-refractivity contribution in [1.29, 1.82) is 0 Å². The molecular formula is C38H57NO2Si. The molecule has 0 bridgehead atoms. The van der Waals surface area contributed by atoms with Gasteiger partial charge in [-0.2, -0.15) is 0 Å². The number of aliphatic hydroxyl groups excluding tert-OH is 1. The number of rotatable bonds is 6. The molecule has 0 spiro atoms. The Morgan fingerprint density at radius 1 is 1.02 bits per heavy atom. The smallest absolute Gasteiger partial charge is 0.192 e. The Balaban J connectivity index is 1.79. The summed E-state index contributed by atoms with van der Waals surface area (Å²) in [7, 11) is -2.07. The molecule has 1 aromatic heterocycles. The molecule has 0 aliphatic heterocycles. The number of nitrogens with zero attached hydrogens (tertiary/aromatic N) is 1. The first-order valence-electron chi connectivity index (χ1n) is 16.7. The topological polar surface area (TPSA) is 42.4 Å². The Bertz CT molecular complexity index is 1330. The maximum absolute atomic E-state index is 12.5. The molecule has 3 nitrogen and oxygen atoms in total. The Morgan fingerprint density at radius 3 is 2.31 bits per heavy atom. The Labute approximate surface area is 257 Å². The molecule has 1 aromatic carbocycles. The molecule has 1 N–H and O–H groups in total. The van der Waals surface area contributed by atoms with Gasteiger partial charge in [0.05, 0.1) is 11.8 Å². The fourth-order valence-electron chi connectivity index (χ4n) is 7.30. The average molecular weight is 588 g/mol. The van der Waals surface area contributed by atoms with Gasteiger partial charge in [0.15, 0.2) is 8.32 Å². The van der Waals surface area contributed by atoms with Crippen molar-refractivity contribution in [2.24, 2.45) is 5.41 Å². The number of hydrogen-bond donors (Lipinski definition) is 1. The van der Waals surface area contributed by atoms with Gasteiger partial charge in [-0.3, -0.25) is 4.98 Å². The van der Waals surface area contributed by atoms with Crippen LogP contribution in [0.1, 0.15) is 164 Å². The standard InChI is InChI=1S/C38H57NO2Si/c1-36(2,3)28-21-15-20-27(22-28)35(40)33-31(25-16-11-12-17-25)32-29(39-34(33)26-18-13-14-19-26)23-38(7,8)24-30(32)41-42(9,10)37(4,5)6/h15-16,20-22,26,30,35,40H,11-14,17-19,23-24H2,1-10H3. The first-order valence-corrected chi connectivity index (χ1v) is 19.6. The predicted octanol–water partition coefficient (Wildman–Crippen LogP) is 10.7. The lowest BCUT2D eigenvalue weighted by molar-refractivity contribution is 0.105. The van der Waals surface area contributed by atoms with E-state index in [2.05, 4.69) is 98.8 Å². The first-order chi connectivity index (χ1) is 19.5. The largest absolute Gasteiger partial charge is 0.410 e. The highest BCUT2D eigenvalue weighted by Gasteiger charge is 2.45. The number of aliphatic hydroxyl groups is 1. The lowest BCUT2D eigenvalue weighted by Gasteiger charge is -2.45. The molecule has 3 aliphatic rings. The molecule has 0 saturated heterocycles. The number of fused-ring (bicyclic) bond motifs is 1. The van der Waals surface area contributed by atoms with E-state index >= 15 is 0 Å². The second-order valence-corrected chi connectivity index (χ2v) is 21.7. The third-order valence-corrected chi connectivity index (χ3v) is 15.3. The fraction of sp³-hybridized carbons (Fsp3) is 0.658. The van der Waals surface area contributed by atoms with Crippen molar-refractivity contribution < 1.29 is 9.53 Å². The average Bonchev–Trinajstić information content (AvgIpc) is 3.60. The van der Waals surface area contributed by atoms with Crippen molar-refractivity contribution >= 4 is 13.9 Å². The van der Waals surface area contributed by atoms with Crippen LogP contribution in [0.15, 0.2) is 30.3 Å². The maximum atomic E-state index is 12.5. The zero-order valence-corrected chi connectivity index (χ0v) is 29.3. The fourth-order valence-corrected chi connectivity index (χ4v) is 8.57. The lowest BCUT2D eigenvalue weighted by atomic mass is 9.71. The van der Waals surface area contributed by atoms with Crippen molar-refractivity contribution in [3.8, 4) is 0 Å². The minimum Gasteiger partial charge on any atom is -0.410 e. The van der Waals surface area contributed by atoms with Crippen molar-refractivity contribution in [3.63, 3.8) is 0 Å². The zero-order chi connectivity index (χ0) is 30.7. The van der Waals surface area contributed by atoms with Crippen LogP contribution in [0.5, 0.6) is 0 Å².